The smallest absolute Gasteiger partial charge is 0.130 e. The molecule has 1 heterocycles. The van der Waals surface area contributed by atoms with E-state index in [4.69, 9.17) is 0 Å². The van der Waals surface area contributed by atoms with E-state index in [-0.39, 0.29) is 11.9 Å². The Hall–Kier alpha value is -1.09. The van der Waals surface area contributed by atoms with Crippen LogP contribution in [0.4, 0.5) is 10.1 Å². The van der Waals surface area contributed by atoms with Crippen molar-refractivity contribution in [2.75, 3.05) is 25.0 Å². The molecule has 19 heavy (non-hydrogen) atoms. The lowest BCUT2D eigenvalue weighted by molar-refractivity contribution is 0.292. The van der Waals surface area contributed by atoms with Gasteiger partial charge in [0.25, 0.3) is 0 Å². The largest absolute Gasteiger partial charge is 0.371 e. The van der Waals surface area contributed by atoms with Gasteiger partial charge in [-0.25, -0.2) is 4.39 Å². The molecule has 1 unspecified atom stereocenters. The molecule has 0 spiro atoms. The highest BCUT2D eigenvalue weighted by atomic mass is 19.1. The number of rotatable bonds is 3. The first-order valence-electron chi connectivity index (χ1n) is 7.15. The third-order valence-corrected chi connectivity index (χ3v) is 4.14. The number of hydrogen-bond acceptors (Lipinski definition) is 2. The minimum absolute atomic E-state index is 0.0289. The van der Waals surface area contributed by atoms with Crippen LogP contribution in [0.5, 0.6) is 0 Å². The quantitative estimate of drug-likeness (QED) is 0.895. The van der Waals surface area contributed by atoms with Gasteiger partial charge in [-0.15, -0.1) is 0 Å². The van der Waals surface area contributed by atoms with Crippen LogP contribution in [-0.2, 0) is 0 Å². The number of benzene rings is 1. The molecular formula is C16H25FN2. The summed E-state index contributed by atoms with van der Waals surface area (Å²) in [5.74, 6) is -0.109. The molecule has 106 valence electrons. The normalized spacial score (nSPS) is 20.4. The summed E-state index contributed by atoms with van der Waals surface area (Å²) in [5.41, 5.74) is 2.15. The van der Waals surface area contributed by atoms with Crippen LogP contribution in [0.3, 0.4) is 0 Å². The second kappa shape index (κ2) is 5.49. The Kier molecular flexibility index (Phi) is 4.14. The zero-order valence-electron chi connectivity index (χ0n) is 12.5. The zero-order chi connectivity index (χ0) is 14.0. The molecule has 0 aliphatic carbocycles. The van der Waals surface area contributed by atoms with Crippen LogP contribution in [-0.4, -0.2) is 20.1 Å². The zero-order valence-corrected chi connectivity index (χ0v) is 12.5. The highest BCUT2D eigenvalue weighted by molar-refractivity contribution is 5.56. The maximum Gasteiger partial charge on any atom is 0.130 e. The summed E-state index contributed by atoms with van der Waals surface area (Å²) in [6.45, 7) is 8.62. The van der Waals surface area contributed by atoms with Crippen molar-refractivity contribution in [1.82, 2.24) is 5.32 Å². The molecule has 0 amide bonds. The number of halogens is 1. The van der Waals surface area contributed by atoms with Crippen molar-refractivity contribution >= 4 is 5.69 Å². The molecule has 1 aliphatic rings. The van der Waals surface area contributed by atoms with Crippen LogP contribution in [0.2, 0.25) is 0 Å². The summed E-state index contributed by atoms with van der Waals surface area (Å²) in [6.07, 6.45) is 2.42. The predicted molar refractivity (Wildman–Crippen MR) is 79.1 cm³/mol. The van der Waals surface area contributed by atoms with E-state index < -0.39 is 0 Å². The van der Waals surface area contributed by atoms with Crippen LogP contribution in [0.1, 0.15) is 45.2 Å². The predicted octanol–water partition coefficient (Wildman–Crippen LogP) is 3.73. The van der Waals surface area contributed by atoms with Gasteiger partial charge in [-0.2, -0.15) is 0 Å². The molecule has 1 aromatic rings. The van der Waals surface area contributed by atoms with Gasteiger partial charge >= 0.3 is 0 Å². The molecule has 1 aliphatic heterocycles. The Bertz CT molecular complexity index is 442. The molecule has 0 saturated carbocycles. The first-order chi connectivity index (χ1) is 8.94. The van der Waals surface area contributed by atoms with Gasteiger partial charge in [-0.3, -0.25) is 0 Å². The highest BCUT2D eigenvalue weighted by Gasteiger charge is 2.28. The SMILES string of the molecule is CNC(C)c1c(F)cccc1N1CCCC(C)(C)C1. The first kappa shape index (κ1) is 14.3. The van der Waals surface area contributed by atoms with E-state index in [0.29, 0.717) is 5.41 Å². The Morgan fingerprint density at radius 3 is 2.74 bits per heavy atom. The van der Waals surface area contributed by atoms with Crippen LogP contribution in [0, 0.1) is 11.2 Å². The maximum atomic E-state index is 14.2. The minimum Gasteiger partial charge on any atom is -0.371 e. The van der Waals surface area contributed by atoms with Gasteiger partial charge in [0.2, 0.25) is 0 Å². The lowest BCUT2D eigenvalue weighted by Crippen LogP contribution is -2.41. The molecule has 1 saturated heterocycles. The Morgan fingerprint density at radius 1 is 1.37 bits per heavy atom. The van der Waals surface area contributed by atoms with Gasteiger partial charge in [-0.1, -0.05) is 19.9 Å². The summed E-state index contributed by atoms with van der Waals surface area (Å²) < 4.78 is 14.2. The summed E-state index contributed by atoms with van der Waals surface area (Å²) in [5, 5.41) is 3.16. The fraction of sp³-hybridized carbons (Fsp3) is 0.625. The Balaban J connectivity index is 2.36. The summed E-state index contributed by atoms with van der Waals surface area (Å²) in [4.78, 5) is 2.34. The van der Waals surface area contributed by atoms with Crippen LogP contribution < -0.4 is 10.2 Å². The minimum atomic E-state index is -0.109. The van der Waals surface area contributed by atoms with Crippen molar-refractivity contribution in [3.8, 4) is 0 Å². The third-order valence-electron chi connectivity index (χ3n) is 4.14. The van der Waals surface area contributed by atoms with E-state index >= 15 is 0 Å². The fourth-order valence-electron chi connectivity index (χ4n) is 3.00. The lowest BCUT2D eigenvalue weighted by Gasteiger charge is -2.40. The van der Waals surface area contributed by atoms with Crippen molar-refractivity contribution in [3.63, 3.8) is 0 Å². The molecule has 0 aromatic heterocycles. The summed E-state index contributed by atoms with van der Waals surface area (Å²) >= 11 is 0. The van der Waals surface area contributed by atoms with Crippen molar-refractivity contribution in [2.45, 2.75) is 39.7 Å². The van der Waals surface area contributed by atoms with Gasteiger partial charge in [0.05, 0.1) is 0 Å². The average Bonchev–Trinajstić information content (AvgIpc) is 2.36. The van der Waals surface area contributed by atoms with Crippen molar-refractivity contribution in [3.05, 3.63) is 29.6 Å². The molecular weight excluding hydrogens is 239 g/mol. The molecule has 1 N–H and O–H groups in total. The number of nitrogens with one attached hydrogen (secondary N) is 1. The summed E-state index contributed by atoms with van der Waals surface area (Å²) in [7, 11) is 1.88. The standard InChI is InChI=1S/C16H25FN2/c1-12(18-4)15-13(17)7-5-8-14(15)19-10-6-9-16(2,3)11-19/h5,7-8,12,18H,6,9-11H2,1-4H3. The second-order valence-electron chi connectivity index (χ2n) is 6.37. The van der Waals surface area contributed by atoms with E-state index in [1.165, 1.54) is 12.8 Å². The number of anilines is 1. The van der Waals surface area contributed by atoms with E-state index in [1.807, 2.05) is 26.1 Å². The average molecular weight is 264 g/mol. The van der Waals surface area contributed by atoms with Gasteiger partial charge in [0, 0.05) is 30.4 Å². The van der Waals surface area contributed by atoms with Crippen LogP contribution in [0.15, 0.2) is 18.2 Å². The molecule has 1 fully saturated rings. The van der Waals surface area contributed by atoms with Crippen LogP contribution >= 0.6 is 0 Å². The highest BCUT2D eigenvalue weighted by Crippen LogP contribution is 2.35. The molecule has 1 aromatic carbocycles. The number of piperidine rings is 1. The molecule has 3 heteroatoms. The van der Waals surface area contributed by atoms with Crippen molar-refractivity contribution < 1.29 is 4.39 Å². The lowest BCUT2D eigenvalue weighted by atomic mass is 9.83. The number of nitrogens with zero attached hydrogens (tertiary/aromatic N) is 1. The molecule has 0 bridgehead atoms. The number of hydrogen-bond donors (Lipinski definition) is 1. The molecule has 0 radical (unpaired) electrons. The van der Waals surface area contributed by atoms with Crippen molar-refractivity contribution in [1.29, 1.82) is 0 Å². The van der Waals surface area contributed by atoms with Gasteiger partial charge < -0.3 is 10.2 Å². The monoisotopic (exact) mass is 264 g/mol. The van der Waals surface area contributed by atoms with Crippen LogP contribution in [0.25, 0.3) is 0 Å². The first-order valence-corrected chi connectivity index (χ1v) is 7.15. The molecule has 1 atom stereocenters. The van der Waals surface area contributed by atoms with Gasteiger partial charge in [0.15, 0.2) is 0 Å². The van der Waals surface area contributed by atoms with E-state index in [1.54, 1.807) is 6.07 Å². The van der Waals surface area contributed by atoms with Gasteiger partial charge in [-0.05, 0) is 44.4 Å². The maximum absolute atomic E-state index is 14.2. The van der Waals surface area contributed by atoms with E-state index in [0.717, 1.165) is 24.3 Å². The van der Waals surface area contributed by atoms with E-state index in [2.05, 4.69) is 24.1 Å². The van der Waals surface area contributed by atoms with Crippen molar-refractivity contribution in [2.24, 2.45) is 5.41 Å². The van der Waals surface area contributed by atoms with E-state index in [9.17, 15) is 4.39 Å². The summed E-state index contributed by atoms with van der Waals surface area (Å²) in [6, 6.07) is 5.45. The Labute approximate surface area is 116 Å². The second-order valence-corrected chi connectivity index (χ2v) is 6.37. The fourth-order valence-corrected chi connectivity index (χ4v) is 3.00. The third kappa shape index (κ3) is 3.08. The molecule has 2 nitrogen and oxygen atoms in total. The topological polar surface area (TPSA) is 15.3 Å². The Morgan fingerprint density at radius 2 is 2.11 bits per heavy atom. The molecule has 2 rings (SSSR count). The van der Waals surface area contributed by atoms with Gasteiger partial charge in [0.1, 0.15) is 5.82 Å².